The second kappa shape index (κ2) is 6.89. The molecule has 2 rings (SSSR count). The highest BCUT2D eigenvalue weighted by atomic mass is 19.3. The van der Waals surface area contributed by atoms with Crippen molar-refractivity contribution in [3.8, 4) is 5.75 Å². The first-order valence-corrected chi connectivity index (χ1v) is 6.84. The molecule has 0 aliphatic carbocycles. The van der Waals surface area contributed by atoms with Gasteiger partial charge in [-0.15, -0.1) is 0 Å². The Morgan fingerprint density at radius 3 is 2.81 bits per heavy atom. The predicted octanol–water partition coefficient (Wildman–Crippen LogP) is 3.01. The van der Waals surface area contributed by atoms with Crippen LogP contribution in [0.1, 0.15) is 19.3 Å². The van der Waals surface area contributed by atoms with Gasteiger partial charge >= 0.3 is 6.61 Å². The molecule has 1 unspecified atom stereocenters. The van der Waals surface area contributed by atoms with E-state index in [1.165, 1.54) is 6.07 Å². The first-order valence-electron chi connectivity index (χ1n) is 6.84. The molecule has 0 amide bonds. The third-order valence-corrected chi connectivity index (χ3v) is 3.46. The van der Waals surface area contributed by atoms with Gasteiger partial charge in [0.25, 0.3) is 0 Å². The molecule has 1 aromatic carbocycles. The fourth-order valence-corrected chi connectivity index (χ4v) is 2.43. The Hall–Kier alpha value is -1.63. The van der Waals surface area contributed by atoms with Crippen LogP contribution in [0.25, 0.3) is 0 Å². The summed E-state index contributed by atoms with van der Waals surface area (Å²) in [5, 5.41) is 0. The molecule has 7 heteroatoms. The number of hydrogen-bond acceptors (Lipinski definition) is 4. The van der Waals surface area contributed by atoms with Crippen molar-refractivity contribution >= 4 is 11.4 Å². The summed E-state index contributed by atoms with van der Waals surface area (Å²) < 4.78 is 47.8. The molecule has 21 heavy (non-hydrogen) atoms. The van der Waals surface area contributed by atoms with E-state index in [9.17, 15) is 13.2 Å². The minimum absolute atomic E-state index is 0.0627. The van der Waals surface area contributed by atoms with Crippen molar-refractivity contribution < 1.29 is 22.6 Å². The highest BCUT2D eigenvalue weighted by molar-refractivity contribution is 5.69. The molecule has 1 aromatic rings. The number of anilines is 2. The standard InChI is InChI=1S/C14H19F3N2O2/c1-19(8-9-4-2-3-5-20-9)12-7-13(21-14(16)17)10(15)6-11(12)18/h6-7,9,14H,2-5,8,18H2,1H3. The summed E-state index contributed by atoms with van der Waals surface area (Å²) in [6.07, 6.45) is 3.14. The van der Waals surface area contributed by atoms with E-state index < -0.39 is 18.2 Å². The number of ether oxygens (including phenoxy) is 2. The van der Waals surface area contributed by atoms with Crippen LogP contribution in [0.4, 0.5) is 24.5 Å². The van der Waals surface area contributed by atoms with Crippen molar-refractivity contribution in [1.82, 2.24) is 0 Å². The predicted molar refractivity (Wildman–Crippen MR) is 74.3 cm³/mol. The van der Waals surface area contributed by atoms with Gasteiger partial charge in [-0.2, -0.15) is 8.78 Å². The number of likely N-dealkylation sites (N-methyl/N-ethyl adjacent to an activating group) is 1. The van der Waals surface area contributed by atoms with Gasteiger partial charge < -0.3 is 20.1 Å². The quantitative estimate of drug-likeness (QED) is 0.850. The number of nitrogens with two attached hydrogens (primary N) is 1. The van der Waals surface area contributed by atoms with Crippen molar-refractivity contribution in [2.75, 3.05) is 30.8 Å². The fraction of sp³-hybridized carbons (Fsp3) is 0.571. The van der Waals surface area contributed by atoms with Crippen LogP contribution < -0.4 is 15.4 Å². The molecule has 1 heterocycles. The van der Waals surface area contributed by atoms with Gasteiger partial charge in [-0.1, -0.05) is 0 Å². The normalized spacial score (nSPS) is 18.8. The number of halogens is 3. The van der Waals surface area contributed by atoms with Crippen molar-refractivity contribution in [2.24, 2.45) is 0 Å². The third-order valence-electron chi connectivity index (χ3n) is 3.46. The maximum atomic E-state index is 13.5. The summed E-state index contributed by atoms with van der Waals surface area (Å²) in [5.74, 6) is -1.41. The molecule has 0 bridgehead atoms. The molecule has 2 N–H and O–H groups in total. The first kappa shape index (κ1) is 15.8. The van der Waals surface area contributed by atoms with Crippen molar-refractivity contribution in [3.63, 3.8) is 0 Å². The molecule has 1 atom stereocenters. The van der Waals surface area contributed by atoms with E-state index in [1.807, 2.05) is 0 Å². The topological polar surface area (TPSA) is 47.7 Å². The lowest BCUT2D eigenvalue weighted by Crippen LogP contribution is -2.33. The lowest BCUT2D eigenvalue weighted by molar-refractivity contribution is -0.0521. The summed E-state index contributed by atoms with van der Waals surface area (Å²) >= 11 is 0. The highest BCUT2D eigenvalue weighted by Gasteiger charge is 2.19. The van der Waals surface area contributed by atoms with Gasteiger partial charge in [0.2, 0.25) is 0 Å². The SMILES string of the molecule is CN(CC1CCCCO1)c1cc(OC(F)F)c(F)cc1N. The van der Waals surface area contributed by atoms with Crippen molar-refractivity contribution in [3.05, 3.63) is 17.9 Å². The molecule has 118 valence electrons. The Bertz CT molecular complexity index is 480. The zero-order chi connectivity index (χ0) is 15.4. The summed E-state index contributed by atoms with van der Waals surface area (Å²) in [7, 11) is 1.76. The minimum Gasteiger partial charge on any atom is -0.432 e. The summed E-state index contributed by atoms with van der Waals surface area (Å²) in [6, 6.07) is 2.19. The van der Waals surface area contributed by atoms with Crippen LogP contribution in [-0.4, -0.2) is 32.9 Å². The van der Waals surface area contributed by atoms with E-state index in [1.54, 1.807) is 11.9 Å². The second-order valence-electron chi connectivity index (χ2n) is 5.09. The number of nitrogens with zero attached hydrogens (tertiary/aromatic N) is 1. The van der Waals surface area contributed by atoms with E-state index in [0.717, 1.165) is 31.9 Å². The number of benzene rings is 1. The van der Waals surface area contributed by atoms with Gasteiger partial charge in [0.05, 0.1) is 17.5 Å². The summed E-state index contributed by atoms with van der Waals surface area (Å²) in [5.41, 5.74) is 6.38. The van der Waals surface area contributed by atoms with Gasteiger partial charge in [0, 0.05) is 32.3 Å². The van der Waals surface area contributed by atoms with Crippen LogP contribution in [0.2, 0.25) is 0 Å². The molecule has 1 aliphatic heterocycles. The molecule has 4 nitrogen and oxygen atoms in total. The van der Waals surface area contributed by atoms with Crippen LogP contribution in [0.5, 0.6) is 5.75 Å². The third kappa shape index (κ3) is 4.17. The minimum atomic E-state index is -3.08. The van der Waals surface area contributed by atoms with Crippen molar-refractivity contribution in [2.45, 2.75) is 32.0 Å². The van der Waals surface area contributed by atoms with Crippen LogP contribution >= 0.6 is 0 Å². The highest BCUT2D eigenvalue weighted by Crippen LogP contribution is 2.32. The van der Waals surface area contributed by atoms with E-state index in [-0.39, 0.29) is 11.8 Å². The Labute approximate surface area is 121 Å². The zero-order valence-corrected chi connectivity index (χ0v) is 11.8. The van der Waals surface area contributed by atoms with Crippen molar-refractivity contribution in [1.29, 1.82) is 0 Å². The lowest BCUT2D eigenvalue weighted by atomic mass is 10.1. The molecule has 1 aliphatic rings. The van der Waals surface area contributed by atoms with Gasteiger partial charge in [0.1, 0.15) is 0 Å². The van der Waals surface area contributed by atoms with E-state index in [4.69, 9.17) is 10.5 Å². The van der Waals surface area contributed by atoms with E-state index >= 15 is 0 Å². The molecule has 1 saturated heterocycles. The Kier molecular flexibility index (Phi) is 5.17. The Morgan fingerprint density at radius 2 is 2.19 bits per heavy atom. The lowest BCUT2D eigenvalue weighted by Gasteiger charge is -2.29. The number of nitrogen functional groups attached to an aromatic ring is 1. The molecule has 0 radical (unpaired) electrons. The molecule has 1 fully saturated rings. The average molecular weight is 304 g/mol. The number of hydrogen-bond donors (Lipinski definition) is 1. The Morgan fingerprint density at radius 1 is 1.43 bits per heavy atom. The number of rotatable bonds is 5. The Balaban J connectivity index is 2.13. The average Bonchev–Trinajstić information content (AvgIpc) is 2.42. The molecular formula is C14H19F3N2O2. The molecule has 0 saturated carbocycles. The maximum Gasteiger partial charge on any atom is 0.387 e. The van der Waals surface area contributed by atoms with Crippen LogP contribution in [0, 0.1) is 5.82 Å². The largest absolute Gasteiger partial charge is 0.432 e. The van der Waals surface area contributed by atoms with Gasteiger partial charge in [-0.3, -0.25) is 0 Å². The molecule has 0 aromatic heterocycles. The van der Waals surface area contributed by atoms with Crippen LogP contribution in [0.3, 0.4) is 0 Å². The summed E-state index contributed by atoms with van der Waals surface area (Å²) in [6.45, 7) is -1.80. The smallest absolute Gasteiger partial charge is 0.387 e. The molecule has 0 spiro atoms. The zero-order valence-electron chi connectivity index (χ0n) is 11.8. The maximum absolute atomic E-state index is 13.5. The van der Waals surface area contributed by atoms with Gasteiger partial charge in [-0.05, 0) is 19.3 Å². The molecular weight excluding hydrogens is 285 g/mol. The summed E-state index contributed by atoms with van der Waals surface area (Å²) in [4.78, 5) is 1.77. The second-order valence-corrected chi connectivity index (χ2v) is 5.09. The first-order chi connectivity index (χ1) is 9.97. The van der Waals surface area contributed by atoms with Crippen LogP contribution in [0.15, 0.2) is 12.1 Å². The van der Waals surface area contributed by atoms with E-state index in [2.05, 4.69) is 4.74 Å². The number of alkyl halides is 2. The monoisotopic (exact) mass is 304 g/mol. The van der Waals surface area contributed by atoms with Gasteiger partial charge in [0.15, 0.2) is 11.6 Å². The van der Waals surface area contributed by atoms with E-state index in [0.29, 0.717) is 12.2 Å². The fourth-order valence-electron chi connectivity index (χ4n) is 2.43. The van der Waals surface area contributed by atoms with Gasteiger partial charge in [-0.25, -0.2) is 4.39 Å². The van der Waals surface area contributed by atoms with Crippen LogP contribution in [-0.2, 0) is 4.74 Å².